The molecule has 0 saturated heterocycles. The van der Waals surface area contributed by atoms with Crippen LogP contribution in [0.1, 0.15) is 48.1 Å². The van der Waals surface area contributed by atoms with Gasteiger partial charge in [0.2, 0.25) is 0 Å². The van der Waals surface area contributed by atoms with Crippen molar-refractivity contribution in [3.63, 3.8) is 0 Å². The number of nitrogens with one attached hydrogen (secondary N) is 1. The first-order valence-corrected chi connectivity index (χ1v) is 7.76. The second-order valence-corrected chi connectivity index (χ2v) is 5.70. The Labute approximate surface area is 122 Å². The van der Waals surface area contributed by atoms with Crippen molar-refractivity contribution in [2.45, 2.75) is 38.6 Å². The molecule has 0 bridgehead atoms. The van der Waals surface area contributed by atoms with E-state index in [0.717, 1.165) is 13.0 Å². The maximum absolute atomic E-state index is 3.63. The minimum atomic E-state index is 0.555. The highest BCUT2D eigenvalue weighted by atomic mass is 14.9. The smallest absolute Gasteiger partial charge is 0.0323 e. The molecule has 0 heterocycles. The first kappa shape index (κ1) is 13.4. The van der Waals surface area contributed by atoms with E-state index in [1.54, 1.807) is 5.56 Å². The van der Waals surface area contributed by atoms with Crippen molar-refractivity contribution < 1.29 is 0 Å². The molecule has 1 aliphatic rings. The monoisotopic (exact) mass is 265 g/mol. The molecule has 1 N–H and O–H groups in total. The van der Waals surface area contributed by atoms with Crippen LogP contribution in [0.15, 0.2) is 48.5 Å². The first-order valence-electron chi connectivity index (χ1n) is 7.76. The molecule has 0 radical (unpaired) electrons. The van der Waals surface area contributed by atoms with Gasteiger partial charge in [0.05, 0.1) is 0 Å². The molecule has 1 aliphatic carbocycles. The summed E-state index contributed by atoms with van der Waals surface area (Å²) in [5, 5.41) is 3.63. The molecule has 3 rings (SSSR count). The van der Waals surface area contributed by atoms with Gasteiger partial charge in [0.15, 0.2) is 0 Å². The molecular formula is C19H23N. The van der Waals surface area contributed by atoms with E-state index in [9.17, 15) is 0 Å². The van der Waals surface area contributed by atoms with Gasteiger partial charge in [-0.3, -0.25) is 0 Å². The third-order valence-electron chi connectivity index (χ3n) is 4.23. The lowest BCUT2D eigenvalue weighted by Crippen LogP contribution is -2.25. The second kappa shape index (κ2) is 6.23. The summed E-state index contributed by atoms with van der Waals surface area (Å²) in [5.41, 5.74) is 5.90. The predicted molar refractivity (Wildman–Crippen MR) is 85.0 cm³/mol. The molecule has 2 aromatic rings. The normalized spacial score (nSPS) is 17.8. The Bertz CT molecular complexity index is 559. The summed E-state index contributed by atoms with van der Waals surface area (Å²) < 4.78 is 0. The van der Waals surface area contributed by atoms with E-state index in [2.05, 4.69) is 60.8 Å². The molecule has 0 spiro atoms. The van der Waals surface area contributed by atoms with Crippen molar-refractivity contribution in [2.75, 3.05) is 6.54 Å². The Hall–Kier alpha value is -1.60. The van der Waals surface area contributed by atoms with Crippen LogP contribution in [0.5, 0.6) is 0 Å². The molecule has 0 fully saturated rings. The first-order chi connectivity index (χ1) is 9.86. The van der Waals surface area contributed by atoms with Crippen LogP contribution in [0.2, 0.25) is 0 Å². The second-order valence-electron chi connectivity index (χ2n) is 5.70. The van der Waals surface area contributed by atoms with E-state index in [0.29, 0.717) is 6.04 Å². The highest BCUT2D eigenvalue weighted by Crippen LogP contribution is 2.30. The van der Waals surface area contributed by atoms with Gasteiger partial charge in [0.25, 0.3) is 0 Å². The van der Waals surface area contributed by atoms with Crippen LogP contribution in [0.3, 0.4) is 0 Å². The predicted octanol–water partition coefficient (Wildman–Crippen LogP) is 4.26. The molecule has 104 valence electrons. The van der Waals surface area contributed by atoms with Crippen LogP contribution in [-0.2, 0) is 12.8 Å². The maximum atomic E-state index is 3.63. The number of fused-ring (bicyclic) bond motifs is 1. The molecule has 2 aromatic carbocycles. The van der Waals surface area contributed by atoms with E-state index in [4.69, 9.17) is 0 Å². The minimum Gasteiger partial charge on any atom is -0.310 e. The van der Waals surface area contributed by atoms with Gasteiger partial charge in [-0.1, -0.05) is 55.5 Å². The fraction of sp³-hybridized carbons (Fsp3) is 0.368. The van der Waals surface area contributed by atoms with Crippen LogP contribution in [0.25, 0.3) is 0 Å². The average molecular weight is 265 g/mol. The number of benzene rings is 2. The number of hydrogen-bond acceptors (Lipinski definition) is 1. The highest BCUT2D eigenvalue weighted by Gasteiger charge is 2.19. The van der Waals surface area contributed by atoms with Crippen LogP contribution >= 0.6 is 0 Å². The van der Waals surface area contributed by atoms with Gasteiger partial charge in [-0.15, -0.1) is 0 Å². The summed E-state index contributed by atoms with van der Waals surface area (Å²) in [6.07, 6.45) is 4.86. The molecule has 0 amide bonds. The molecule has 0 aliphatic heterocycles. The topological polar surface area (TPSA) is 12.0 Å². The molecule has 1 atom stereocenters. The van der Waals surface area contributed by atoms with Crippen molar-refractivity contribution in [1.82, 2.24) is 5.32 Å². The van der Waals surface area contributed by atoms with E-state index in [-0.39, 0.29) is 0 Å². The summed E-state index contributed by atoms with van der Waals surface area (Å²) in [5.74, 6) is 0. The standard InChI is InChI=1S/C19H23N/c1-2-20-19-10-6-9-17-12-11-16(14-18(17)19)13-15-7-4-3-5-8-15/h3-5,7-8,11-12,14,19-20H,2,6,9-10,13H2,1H3. The lowest BCUT2D eigenvalue weighted by molar-refractivity contribution is 0.471. The largest absolute Gasteiger partial charge is 0.310 e. The quantitative estimate of drug-likeness (QED) is 0.870. The number of aryl methyl sites for hydroxylation is 1. The van der Waals surface area contributed by atoms with E-state index >= 15 is 0 Å². The number of rotatable bonds is 4. The van der Waals surface area contributed by atoms with E-state index in [1.165, 1.54) is 36.0 Å². The fourth-order valence-corrected chi connectivity index (χ4v) is 3.25. The van der Waals surface area contributed by atoms with Crippen LogP contribution in [0, 0.1) is 0 Å². The Kier molecular flexibility index (Phi) is 4.17. The summed E-state index contributed by atoms with van der Waals surface area (Å²) >= 11 is 0. The number of hydrogen-bond donors (Lipinski definition) is 1. The Morgan fingerprint density at radius 3 is 2.70 bits per heavy atom. The molecule has 1 unspecified atom stereocenters. The van der Waals surface area contributed by atoms with Crippen molar-refractivity contribution in [3.05, 3.63) is 70.8 Å². The SMILES string of the molecule is CCNC1CCCc2ccc(Cc3ccccc3)cc21. The molecule has 0 aromatic heterocycles. The van der Waals surface area contributed by atoms with Crippen molar-refractivity contribution >= 4 is 0 Å². The summed E-state index contributed by atoms with van der Waals surface area (Å²) in [6.45, 7) is 3.25. The Balaban J connectivity index is 1.85. The van der Waals surface area contributed by atoms with Gasteiger partial charge in [-0.05, 0) is 54.5 Å². The lowest BCUT2D eigenvalue weighted by atomic mass is 9.85. The molecule has 1 heteroatoms. The van der Waals surface area contributed by atoms with Crippen molar-refractivity contribution in [2.24, 2.45) is 0 Å². The van der Waals surface area contributed by atoms with Crippen molar-refractivity contribution in [1.29, 1.82) is 0 Å². The summed E-state index contributed by atoms with van der Waals surface area (Å²) in [4.78, 5) is 0. The molecule has 0 saturated carbocycles. The van der Waals surface area contributed by atoms with Crippen molar-refractivity contribution in [3.8, 4) is 0 Å². The zero-order valence-electron chi connectivity index (χ0n) is 12.2. The van der Waals surface area contributed by atoms with Crippen LogP contribution < -0.4 is 5.32 Å². The van der Waals surface area contributed by atoms with Gasteiger partial charge in [0.1, 0.15) is 0 Å². The molecule has 20 heavy (non-hydrogen) atoms. The van der Waals surface area contributed by atoms with Crippen LogP contribution in [0.4, 0.5) is 0 Å². The molecular weight excluding hydrogens is 242 g/mol. The lowest BCUT2D eigenvalue weighted by Gasteiger charge is -2.26. The fourth-order valence-electron chi connectivity index (χ4n) is 3.25. The third kappa shape index (κ3) is 2.94. The Morgan fingerprint density at radius 1 is 1.05 bits per heavy atom. The van der Waals surface area contributed by atoms with E-state index < -0.39 is 0 Å². The maximum Gasteiger partial charge on any atom is 0.0323 e. The van der Waals surface area contributed by atoms with Gasteiger partial charge in [-0.25, -0.2) is 0 Å². The van der Waals surface area contributed by atoms with E-state index in [1.807, 2.05) is 0 Å². The summed E-state index contributed by atoms with van der Waals surface area (Å²) in [6, 6.07) is 18.4. The zero-order valence-corrected chi connectivity index (χ0v) is 12.2. The van der Waals surface area contributed by atoms with Gasteiger partial charge in [0, 0.05) is 6.04 Å². The summed E-state index contributed by atoms with van der Waals surface area (Å²) in [7, 11) is 0. The highest BCUT2D eigenvalue weighted by molar-refractivity contribution is 5.38. The Morgan fingerprint density at radius 2 is 1.90 bits per heavy atom. The van der Waals surface area contributed by atoms with Gasteiger partial charge in [-0.2, -0.15) is 0 Å². The van der Waals surface area contributed by atoms with Crippen LogP contribution in [-0.4, -0.2) is 6.54 Å². The van der Waals surface area contributed by atoms with Gasteiger partial charge < -0.3 is 5.32 Å². The van der Waals surface area contributed by atoms with Gasteiger partial charge >= 0.3 is 0 Å². The zero-order chi connectivity index (χ0) is 13.8. The minimum absolute atomic E-state index is 0.555. The molecule has 1 nitrogen and oxygen atoms in total. The third-order valence-corrected chi connectivity index (χ3v) is 4.23. The average Bonchev–Trinajstić information content (AvgIpc) is 2.49.